The number of carbonyl (C=O) groups is 1. The lowest BCUT2D eigenvalue weighted by molar-refractivity contribution is -0.118. The third-order valence-electron chi connectivity index (χ3n) is 1.67. The highest BCUT2D eigenvalue weighted by Gasteiger charge is 2.12. The first-order valence-electron chi connectivity index (χ1n) is 3.73. The Labute approximate surface area is 79.9 Å². The van der Waals surface area contributed by atoms with Crippen LogP contribution in [0, 0.1) is 4.77 Å². The van der Waals surface area contributed by atoms with Gasteiger partial charge in [0, 0.05) is 12.5 Å². The summed E-state index contributed by atoms with van der Waals surface area (Å²) in [5.74, 6) is -0.131. The molecule has 1 rings (SSSR count). The van der Waals surface area contributed by atoms with Gasteiger partial charge in [-0.25, -0.2) is 5.10 Å². The smallest absolute Gasteiger partial charge is 0.220 e. The number of anilines is 1. The van der Waals surface area contributed by atoms with Crippen LogP contribution >= 0.6 is 12.2 Å². The number of nitrogens with two attached hydrogens (primary N) is 2. The van der Waals surface area contributed by atoms with Gasteiger partial charge < -0.3 is 11.5 Å². The first kappa shape index (κ1) is 9.72. The van der Waals surface area contributed by atoms with Crippen LogP contribution in [0.3, 0.4) is 0 Å². The fraction of sp³-hybridized carbons (Fsp3) is 0.500. The van der Waals surface area contributed by atoms with E-state index in [2.05, 4.69) is 10.2 Å². The number of nitrogens with one attached hydrogen (secondary N) is 1. The summed E-state index contributed by atoms with van der Waals surface area (Å²) >= 11 is 4.91. The van der Waals surface area contributed by atoms with E-state index < -0.39 is 5.91 Å². The highest BCUT2D eigenvalue weighted by atomic mass is 32.1. The number of primary amides is 1. The second-order valence-corrected chi connectivity index (χ2v) is 3.16. The van der Waals surface area contributed by atoms with Gasteiger partial charge in [-0.3, -0.25) is 9.36 Å². The number of carbonyl (C=O) groups excluding carboxylic acids is 1. The molecule has 72 valence electrons. The van der Waals surface area contributed by atoms with Crippen LogP contribution in [0.4, 0.5) is 5.95 Å². The zero-order chi connectivity index (χ0) is 10.0. The fourth-order valence-corrected chi connectivity index (χ4v) is 1.44. The van der Waals surface area contributed by atoms with Gasteiger partial charge in [0.25, 0.3) is 0 Å². The summed E-state index contributed by atoms with van der Waals surface area (Å²) in [6, 6.07) is -0.163. The molecule has 0 aliphatic heterocycles. The van der Waals surface area contributed by atoms with E-state index in [1.807, 2.05) is 0 Å². The topological polar surface area (TPSA) is 103 Å². The van der Waals surface area contributed by atoms with E-state index in [0.29, 0.717) is 4.77 Å². The maximum absolute atomic E-state index is 10.6. The molecule has 1 atom stereocenters. The summed E-state index contributed by atoms with van der Waals surface area (Å²) < 4.78 is 1.95. The van der Waals surface area contributed by atoms with E-state index in [-0.39, 0.29) is 18.4 Å². The number of nitrogens with zero attached hydrogens (tertiary/aromatic N) is 2. The van der Waals surface area contributed by atoms with E-state index >= 15 is 0 Å². The summed E-state index contributed by atoms with van der Waals surface area (Å²) in [5.41, 5.74) is 10.6. The Kier molecular flexibility index (Phi) is 2.66. The first-order chi connectivity index (χ1) is 6.02. The van der Waals surface area contributed by atoms with Gasteiger partial charge in [0.2, 0.25) is 11.9 Å². The van der Waals surface area contributed by atoms with Crippen molar-refractivity contribution < 1.29 is 4.79 Å². The van der Waals surface area contributed by atoms with Gasteiger partial charge in [0.1, 0.15) is 0 Å². The molecule has 0 aliphatic carbocycles. The summed E-state index contributed by atoms with van der Waals surface area (Å²) in [6.45, 7) is 1.80. The molecule has 0 aromatic carbocycles. The molecule has 0 spiro atoms. The number of H-pyrrole nitrogens is 1. The second kappa shape index (κ2) is 3.56. The highest BCUT2D eigenvalue weighted by molar-refractivity contribution is 7.71. The monoisotopic (exact) mass is 201 g/mol. The molecule has 13 heavy (non-hydrogen) atoms. The summed E-state index contributed by atoms with van der Waals surface area (Å²) in [4.78, 5) is 10.6. The molecular weight excluding hydrogens is 190 g/mol. The van der Waals surface area contributed by atoms with Crippen LogP contribution in [0.2, 0.25) is 0 Å². The second-order valence-electron chi connectivity index (χ2n) is 2.78. The van der Waals surface area contributed by atoms with Gasteiger partial charge in [-0.15, -0.1) is 5.10 Å². The number of amides is 1. The Morgan fingerprint density at radius 2 is 2.46 bits per heavy atom. The van der Waals surface area contributed by atoms with Crippen LogP contribution in [0.1, 0.15) is 19.4 Å². The molecule has 0 saturated carbocycles. The maximum atomic E-state index is 10.6. The first-order valence-corrected chi connectivity index (χ1v) is 4.14. The van der Waals surface area contributed by atoms with Gasteiger partial charge in [0.05, 0.1) is 0 Å². The van der Waals surface area contributed by atoms with Crippen LogP contribution in [-0.2, 0) is 4.79 Å². The molecule has 7 heteroatoms. The summed E-state index contributed by atoms with van der Waals surface area (Å²) in [6.07, 6.45) is 0.192. The Bertz CT molecular complexity index is 367. The third-order valence-corrected chi connectivity index (χ3v) is 1.96. The van der Waals surface area contributed by atoms with E-state index in [4.69, 9.17) is 23.7 Å². The van der Waals surface area contributed by atoms with Crippen molar-refractivity contribution in [2.45, 2.75) is 19.4 Å². The molecule has 1 aromatic rings. The zero-order valence-electron chi connectivity index (χ0n) is 7.15. The van der Waals surface area contributed by atoms with Gasteiger partial charge in [-0.2, -0.15) is 0 Å². The number of aromatic amines is 1. The van der Waals surface area contributed by atoms with Gasteiger partial charge >= 0.3 is 0 Å². The minimum atomic E-state index is -0.394. The zero-order valence-corrected chi connectivity index (χ0v) is 7.97. The Balaban J connectivity index is 2.94. The molecule has 5 N–H and O–H groups in total. The largest absolute Gasteiger partial charge is 0.370 e. The molecule has 6 nitrogen and oxygen atoms in total. The van der Waals surface area contributed by atoms with Crippen LogP contribution in [-0.4, -0.2) is 20.7 Å². The van der Waals surface area contributed by atoms with Crippen molar-refractivity contribution in [3.63, 3.8) is 0 Å². The molecule has 0 fully saturated rings. The number of rotatable bonds is 3. The van der Waals surface area contributed by atoms with Gasteiger partial charge in [-0.1, -0.05) is 0 Å². The molecule has 1 unspecified atom stereocenters. The number of hydrogen-bond donors (Lipinski definition) is 3. The van der Waals surface area contributed by atoms with Crippen LogP contribution in [0.25, 0.3) is 0 Å². The minimum absolute atomic E-state index is 0.163. The quantitative estimate of drug-likeness (QED) is 0.597. The van der Waals surface area contributed by atoms with E-state index in [0.717, 1.165) is 0 Å². The standard InChI is InChI=1S/C6H11N5OS/c1-3(2-4(7)12)11-5(8)9-10-6(11)13/h3H,2H2,1H3,(H2,7,12)(H2,8,9)(H,10,13). The normalized spacial score (nSPS) is 12.7. The lowest BCUT2D eigenvalue weighted by atomic mass is 10.2. The minimum Gasteiger partial charge on any atom is -0.370 e. The van der Waals surface area contributed by atoms with Crippen LogP contribution in [0.5, 0.6) is 0 Å². The van der Waals surface area contributed by atoms with E-state index in [1.165, 1.54) is 0 Å². The molecular formula is C6H11N5OS. The predicted molar refractivity (Wildman–Crippen MR) is 50.3 cm³/mol. The van der Waals surface area contributed by atoms with E-state index in [1.54, 1.807) is 11.5 Å². The van der Waals surface area contributed by atoms with E-state index in [9.17, 15) is 4.79 Å². The third kappa shape index (κ3) is 2.05. The lowest BCUT2D eigenvalue weighted by Gasteiger charge is -2.10. The van der Waals surface area contributed by atoms with Crippen molar-refractivity contribution in [1.29, 1.82) is 0 Å². The Morgan fingerprint density at radius 1 is 1.85 bits per heavy atom. The summed E-state index contributed by atoms with van der Waals surface area (Å²) in [5, 5.41) is 6.25. The number of hydrogen-bond acceptors (Lipinski definition) is 4. The summed E-state index contributed by atoms with van der Waals surface area (Å²) in [7, 11) is 0. The molecule has 0 saturated heterocycles. The average molecular weight is 201 g/mol. The average Bonchev–Trinajstić information content (AvgIpc) is 2.29. The highest BCUT2D eigenvalue weighted by Crippen LogP contribution is 2.13. The molecule has 1 heterocycles. The van der Waals surface area contributed by atoms with Gasteiger partial charge in [-0.05, 0) is 19.1 Å². The van der Waals surface area contributed by atoms with Crippen LogP contribution < -0.4 is 11.5 Å². The molecule has 1 amide bonds. The molecule has 0 radical (unpaired) electrons. The molecule has 0 bridgehead atoms. The van der Waals surface area contributed by atoms with Crippen molar-refractivity contribution in [3.05, 3.63) is 4.77 Å². The lowest BCUT2D eigenvalue weighted by Crippen LogP contribution is -2.18. The van der Waals surface area contributed by atoms with Crippen molar-refractivity contribution >= 4 is 24.1 Å². The SMILES string of the molecule is CC(CC(N)=O)n1c(N)n[nH]c1=S. The van der Waals surface area contributed by atoms with Crippen molar-refractivity contribution in [3.8, 4) is 0 Å². The molecule has 1 aromatic heterocycles. The maximum Gasteiger partial charge on any atom is 0.220 e. The van der Waals surface area contributed by atoms with Crippen molar-refractivity contribution in [1.82, 2.24) is 14.8 Å². The fourth-order valence-electron chi connectivity index (χ4n) is 1.13. The van der Waals surface area contributed by atoms with Crippen molar-refractivity contribution in [2.75, 3.05) is 5.73 Å². The molecule has 0 aliphatic rings. The Morgan fingerprint density at radius 3 is 2.85 bits per heavy atom. The van der Waals surface area contributed by atoms with Gasteiger partial charge in [0.15, 0.2) is 4.77 Å². The Hall–Kier alpha value is -1.37. The predicted octanol–water partition coefficient (Wildman–Crippen LogP) is -0.0407. The number of aromatic nitrogens is 3. The van der Waals surface area contributed by atoms with Crippen molar-refractivity contribution in [2.24, 2.45) is 5.73 Å². The van der Waals surface area contributed by atoms with Crippen LogP contribution in [0.15, 0.2) is 0 Å². The number of nitrogen functional groups attached to an aromatic ring is 1.